The zero-order chi connectivity index (χ0) is 20.4. The molecule has 3 N–H and O–H groups in total. The molecule has 0 aromatic carbocycles. The Bertz CT molecular complexity index is 870. The standard InChI is InChI=1S/C20H29N7O2/c1-14-24-17(25-29-14)11-23-19(28)20-6-4-9-27(16(20)13-26(2)10-7-20)12-15-5-3-8-22-18(15)21/h3,5,8,16H,4,6-7,9-13H2,1-2H3,(H2,21,22)(H,23,28)/t16-,20+/m0/s1. The third-order valence-corrected chi connectivity index (χ3v) is 6.30. The Balaban J connectivity index is 1.54. The quantitative estimate of drug-likeness (QED) is 0.764. The number of aromatic nitrogens is 3. The fourth-order valence-electron chi connectivity index (χ4n) is 4.75. The van der Waals surface area contributed by atoms with E-state index in [2.05, 4.69) is 37.3 Å². The van der Waals surface area contributed by atoms with Crippen LogP contribution in [0.1, 0.15) is 36.5 Å². The summed E-state index contributed by atoms with van der Waals surface area (Å²) in [6.07, 6.45) is 4.42. The number of anilines is 1. The number of aryl methyl sites for hydroxylation is 1. The molecule has 2 atom stereocenters. The molecule has 156 valence electrons. The molecule has 2 aromatic heterocycles. The van der Waals surface area contributed by atoms with Crippen molar-refractivity contribution >= 4 is 11.7 Å². The van der Waals surface area contributed by atoms with Gasteiger partial charge < -0.3 is 20.5 Å². The van der Waals surface area contributed by atoms with Crippen molar-refractivity contribution in [2.45, 2.75) is 45.3 Å². The zero-order valence-corrected chi connectivity index (χ0v) is 17.1. The fraction of sp³-hybridized carbons (Fsp3) is 0.600. The molecule has 2 saturated heterocycles. The number of pyridine rings is 1. The summed E-state index contributed by atoms with van der Waals surface area (Å²) in [6.45, 7) is 5.45. The van der Waals surface area contributed by atoms with Gasteiger partial charge in [-0.25, -0.2) is 4.98 Å². The second-order valence-electron chi connectivity index (χ2n) is 8.22. The van der Waals surface area contributed by atoms with E-state index in [1.807, 2.05) is 12.1 Å². The number of piperidine rings is 2. The number of nitrogens with two attached hydrogens (primary N) is 1. The molecule has 29 heavy (non-hydrogen) atoms. The average Bonchev–Trinajstić information content (AvgIpc) is 3.13. The lowest BCUT2D eigenvalue weighted by molar-refractivity contribution is -0.145. The lowest BCUT2D eigenvalue weighted by atomic mass is 9.67. The monoisotopic (exact) mass is 399 g/mol. The number of nitrogen functional groups attached to an aromatic ring is 1. The van der Waals surface area contributed by atoms with E-state index in [1.165, 1.54) is 0 Å². The molecule has 2 fully saturated rings. The highest BCUT2D eigenvalue weighted by Crippen LogP contribution is 2.43. The van der Waals surface area contributed by atoms with E-state index in [-0.39, 0.29) is 18.5 Å². The molecule has 9 nitrogen and oxygen atoms in total. The number of likely N-dealkylation sites (tertiary alicyclic amines) is 2. The minimum Gasteiger partial charge on any atom is -0.383 e. The maximum atomic E-state index is 13.4. The molecule has 2 aromatic rings. The molecule has 4 rings (SSSR count). The molecule has 0 spiro atoms. The van der Waals surface area contributed by atoms with E-state index < -0.39 is 5.41 Å². The number of likely N-dealkylation sites (N-methyl/N-ethyl adjacent to an activating group) is 1. The van der Waals surface area contributed by atoms with Crippen LogP contribution < -0.4 is 11.1 Å². The fourth-order valence-corrected chi connectivity index (χ4v) is 4.75. The van der Waals surface area contributed by atoms with E-state index in [0.29, 0.717) is 24.1 Å². The van der Waals surface area contributed by atoms with Gasteiger partial charge in [-0.1, -0.05) is 11.2 Å². The molecule has 0 unspecified atom stereocenters. The minimum absolute atomic E-state index is 0.0851. The highest BCUT2D eigenvalue weighted by molar-refractivity contribution is 5.83. The van der Waals surface area contributed by atoms with Crippen molar-refractivity contribution in [3.05, 3.63) is 35.6 Å². The van der Waals surface area contributed by atoms with Crippen LogP contribution >= 0.6 is 0 Å². The summed E-state index contributed by atoms with van der Waals surface area (Å²) in [5.41, 5.74) is 6.69. The number of carbonyl (C=O) groups excluding carboxylic acids is 1. The van der Waals surface area contributed by atoms with Gasteiger partial charge in [0.15, 0.2) is 5.82 Å². The highest BCUT2D eigenvalue weighted by Gasteiger charge is 2.52. The summed E-state index contributed by atoms with van der Waals surface area (Å²) >= 11 is 0. The Kier molecular flexibility index (Phi) is 5.51. The van der Waals surface area contributed by atoms with Crippen LogP contribution in [-0.2, 0) is 17.9 Å². The number of nitrogens with one attached hydrogen (secondary N) is 1. The molecule has 0 saturated carbocycles. The SMILES string of the molecule is Cc1nc(CNC(=O)[C@@]23CCCN(Cc4cccnc4N)[C@H]2CN(C)CC3)no1. The Morgan fingerprint density at radius 2 is 2.28 bits per heavy atom. The van der Waals surface area contributed by atoms with Gasteiger partial charge in [-0.2, -0.15) is 4.98 Å². The molecule has 2 aliphatic rings. The first-order valence-electron chi connectivity index (χ1n) is 10.2. The van der Waals surface area contributed by atoms with Gasteiger partial charge in [0.2, 0.25) is 11.8 Å². The zero-order valence-electron chi connectivity index (χ0n) is 17.1. The number of carbonyl (C=O) groups is 1. The Morgan fingerprint density at radius 1 is 1.41 bits per heavy atom. The van der Waals surface area contributed by atoms with Crippen LogP contribution in [-0.4, -0.2) is 63.6 Å². The van der Waals surface area contributed by atoms with Gasteiger partial charge in [0.1, 0.15) is 5.82 Å². The maximum Gasteiger partial charge on any atom is 0.228 e. The van der Waals surface area contributed by atoms with Crippen LogP contribution in [0.5, 0.6) is 0 Å². The van der Waals surface area contributed by atoms with E-state index >= 15 is 0 Å². The Labute approximate surface area is 170 Å². The predicted octanol–water partition coefficient (Wildman–Crippen LogP) is 0.958. The van der Waals surface area contributed by atoms with Gasteiger partial charge in [-0.3, -0.25) is 9.69 Å². The summed E-state index contributed by atoms with van der Waals surface area (Å²) in [4.78, 5) is 26.6. The molecule has 0 bridgehead atoms. The molecule has 2 aliphatic heterocycles. The first kappa shape index (κ1) is 19.8. The van der Waals surface area contributed by atoms with Gasteiger partial charge in [0.25, 0.3) is 0 Å². The van der Waals surface area contributed by atoms with Gasteiger partial charge in [0.05, 0.1) is 12.0 Å². The average molecular weight is 399 g/mol. The summed E-state index contributed by atoms with van der Waals surface area (Å²) in [6, 6.07) is 4.06. The molecule has 1 amide bonds. The normalized spacial score (nSPS) is 25.5. The van der Waals surface area contributed by atoms with Crippen LogP contribution in [0.2, 0.25) is 0 Å². The molecular weight excluding hydrogens is 370 g/mol. The maximum absolute atomic E-state index is 13.4. The number of nitrogens with zero attached hydrogens (tertiary/aromatic N) is 5. The summed E-state index contributed by atoms with van der Waals surface area (Å²) in [5.74, 6) is 1.65. The number of hydrogen-bond acceptors (Lipinski definition) is 8. The van der Waals surface area contributed by atoms with Crippen molar-refractivity contribution in [1.29, 1.82) is 0 Å². The number of amides is 1. The number of rotatable bonds is 5. The van der Waals surface area contributed by atoms with E-state index in [0.717, 1.165) is 44.5 Å². The second kappa shape index (κ2) is 8.08. The number of fused-ring (bicyclic) bond motifs is 1. The van der Waals surface area contributed by atoms with Crippen molar-refractivity contribution in [1.82, 2.24) is 30.2 Å². The van der Waals surface area contributed by atoms with Gasteiger partial charge >= 0.3 is 0 Å². The topological polar surface area (TPSA) is 113 Å². The summed E-state index contributed by atoms with van der Waals surface area (Å²) in [5, 5.41) is 6.96. The van der Waals surface area contributed by atoms with Gasteiger partial charge in [-0.05, 0) is 45.5 Å². The summed E-state index contributed by atoms with van der Waals surface area (Å²) in [7, 11) is 2.12. The van der Waals surface area contributed by atoms with Crippen molar-refractivity contribution in [2.75, 3.05) is 32.4 Å². The van der Waals surface area contributed by atoms with Crippen LogP contribution in [0.15, 0.2) is 22.9 Å². The van der Waals surface area contributed by atoms with Gasteiger partial charge in [-0.15, -0.1) is 0 Å². The molecule has 0 radical (unpaired) electrons. The van der Waals surface area contributed by atoms with Gasteiger partial charge in [0, 0.05) is 37.8 Å². The molecule has 9 heteroatoms. The third kappa shape index (κ3) is 3.97. The second-order valence-corrected chi connectivity index (χ2v) is 8.22. The lowest BCUT2D eigenvalue weighted by Gasteiger charge is -2.53. The van der Waals surface area contributed by atoms with E-state index in [9.17, 15) is 4.79 Å². The molecular formula is C20H29N7O2. The molecule has 4 heterocycles. The van der Waals surface area contributed by atoms with Crippen molar-refractivity contribution in [3.8, 4) is 0 Å². The third-order valence-electron chi connectivity index (χ3n) is 6.30. The summed E-state index contributed by atoms with van der Waals surface area (Å²) < 4.78 is 5.01. The van der Waals surface area contributed by atoms with Crippen molar-refractivity contribution < 1.29 is 9.32 Å². The minimum atomic E-state index is -0.416. The Hall–Kier alpha value is -2.52. The Morgan fingerprint density at radius 3 is 3.03 bits per heavy atom. The van der Waals surface area contributed by atoms with Crippen molar-refractivity contribution in [3.63, 3.8) is 0 Å². The van der Waals surface area contributed by atoms with Crippen LogP contribution in [0.3, 0.4) is 0 Å². The smallest absolute Gasteiger partial charge is 0.228 e. The van der Waals surface area contributed by atoms with E-state index in [1.54, 1.807) is 13.1 Å². The lowest BCUT2D eigenvalue weighted by Crippen LogP contribution is -2.65. The predicted molar refractivity (Wildman–Crippen MR) is 108 cm³/mol. The highest BCUT2D eigenvalue weighted by atomic mass is 16.5. The van der Waals surface area contributed by atoms with Crippen LogP contribution in [0, 0.1) is 12.3 Å². The van der Waals surface area contributed by atoms with Crippen LogP contribution in [0.4, 0.5) is 5.82 Å². The molecule has 0 aliphatic carbocycles. The first-order valence-corrected chi connectivity index (χ1v) is 10.2. The number of hydrogen-bond donors (Lipinski definition) is 2. The van der Waals surface area contributed by atoms with Crippen molar-refractivity contribution in [2.24, 2.45) is 5.41 Å². The first-order chi connectivity index (χ1) is 14.0. The largest absolute Gasteiger partial charge is 0.383 e. The van der Waals surface area contributed by atoms with Crippen LogP contribution in [0.25, 0.3) is 0 Å². The van der Waals surface area contributed by atoms with E-state index in [4.69, 9.17) is 10.3 Å².